The molecule has 3 aromatic carbocycles. The molecule has 6 rings (SSSR count). The molecule has 3 aliphatic rings. The molecule has 2 fully saturated rings. The van der Waals surface area contributed by atoms with Crippen molar-refractivity contribution in [1.82, 2.24) is 4.90 Å². The first-order valence-electron chi connectivity index (χ1n) is 12.5. The summed E-state index contributed by atoms with van der Waals surface area (Å²) in [5, 5.41) is 0.766. The van der Waals surface area contributed by atoms with Crippen LogP contribution < -0.4 is 0 Å². The second-order valence-electron chi connectivity index (χ2n) is 10.1. The fourth-order valence-electron chi connectivity index (χ4n) is 6.86. The molecule has 1 amide bonds. The Balaban J connectivity index is 1.30. The minimum absolute atomic E-state index is 0.158. The molecule has 0 N–H and O–H groups in total. The van der Waals surface area contributed by atoms with Crippen molar-refractivity contribution in [2.24, 2.45) is 5.92 Å². The third kappa shape index (κ3) is 3.71. The molecule has 0 radical (unpaired) electrons. The Morgan fingerprint density at radius 3 is 2.59 bits per heavy atom. The average molecular weight is 472 g/mol. The Bertz CT molecular complexity index is 1190. The van der Waals surface area contributed by atoms with Gasteiger partial charge in [0.2, 0.25) is 0 Å². The predicted octanol–water partition coefficient (Wildman–Crippen LogP) is 7.40. The molecule has 3 aromatic rings. The van der Waals surface area contributed by atoms with Crippen molar-refractivity contribution in [3.63, 3.8) is 0 Å². The molecule has 2 aliphatic carbocycles. The van der Waals surface area contributed by atoms with Gasteiger partial charge in [0.25, 0.3) is 0 Å². The Kier molecular flexibility index (Phi) is 5.61. The van der Waals surface area contributed by atoms with E-state index in [1.165, 1.54) is 47.9 Å². The monoisotopic (exact) mass is 471 g/mol. The summed E-state index contributed by atoms with van der Waals surface area (Å²) >= 11 is 6.13. The molecule has 1 aliphatic heterocycles. The summed E-state index contributed by atoms with van der Waals surface area (Å²) in [6, 6.07) is 25.3. The molecule has 0 spiro atoms. The Labute approximate surface area is 206 Å². The van der Waals surface area contributed by atoms with Gasteiger partial charge in [-0.2, -0.15) is 0 Å². The molecule has 34 heavy (non-hydrogen) atoms. The molecule has 4 heteroatoms. The van der Waals surface area contributed by atoms with Crippen LogP contribution in [-0.2, 0) is 23.2 Å². The van der Waals surface area contributed by atoms with E-state index in [2.05, 4.69) is 30.3 Å². The lowest BCUT2D eigenvalue weighted by atomic mass is 9.52. The number of rotatable bonds is 3. The maximum Gasteiger partial charge on any atom is 0.410 e. The van der Waals surface area contributed by atoms with Crippen LogP contribution in [0, 0.1) is 5.92 Å². The van der Waals surface area contributed by atoms with Crippen LogP contribution in [0.3, 0.4) is 0 Å². The van der Waals surface area contributed by atoms with Gasteiger partial charge in [0, 0.05) is 23.0 Å². The van der Waals surface area contributed by atoms with Crippen LogP contribution in [0.5, 0.6) is 0 Å². The van der Waals surface area contributed by atoms with E-state index in [0.717, 1.165) is 30.0 Å². The van der Waals surface area contributed by atoms with Gasteiger partial charge in [0.05, 0.1) is 0 Å². The summed E-state index contributed by atoms with van der Waals surface area (Å²) in [4.78, 5) is 15.3. The second-order valence-corrected chi connectivity index (χ2v) is 10.6. The minimum Gasteiger partial charge on any atom is -0.445 e. The van der Waals surface area contributed by atoms with E-state index in [4.69, 9.17) is 16.3 Å². The topological polar surface area (TPSA) is 29.5 Å². The second kappa shape index (κ2) is 8.78. The van der Waals surface area contributed by atoms with Crippen LogP contribution >= 0.6 is 11.6 Å². The number of nitrogens with zero attached hydrogens (tertiary/aromatic N) is 1. The number of fused-ring (bicyclic) bond motifs is 1. The number of carbonyl (C=O) groups excluding carboxylic acids is 1. The largest absolute Gasteiger partial charge is 0.445 e. The summed E-state index contributed by atoms with van der Waals surface area (Å²) in [5.41, 5.74) is 6.61. The molecule has 3 atom stereocenters. The number of hydrogen-bond acceptors (Lipinski definition) is 2. The standard InChI is InChI=1S/C30H30ClNO2/c31-25-13-11-22(12-14-25)23-9-10-24-19-28-26-8-4-5-15-30(26,27(24)18-23)16-17-32(28)29(33)34-20-21-6-2-1-3-7-21/h1-3,6-7,9-14,18,26,28H,4-5,8,15-17,19-20H2/t26-,28+,30?/m1/s1. The van der Waals surface area contributed by atoms with Crippen molar-refractivity contribution < 1.29 is 9.53 Å². The van der Waals surface area contributed by atoms with Gasteiger partial charge >= 0.3 is 6.09 Å². The summed E-state index contributed by atoms with van der Waals surface area (Å²) in [7, 11) is 0. The van der Waals surface area contributed by atoms with Crippen LogP contribution in [0.25, 0.3) is 11.1 Å². The van der Waals surface area contributed by atoms with Crippen LogP contribution in [0.4, 0.5) is 4.79 Å². The number of ether oxygens (including phenoxy) is 1. The smallest absolute Gasteiger partial charge is 0.410 e. The van der Waals surface area contributed by atoms with Gasteiger partial charge in [-0.3, -0.25) is 0 Å². The highest BCUT2D eigenvalue weighted by atomic mass is 35.5. The lowest BCUT2D eigenvalue weighted by Gasteiger charge is -2.58. The van der Waals surface area contributed by atoms with Gasteiger partial charge in [-0.25, -0.2) is 4.79 Å². The van der Waals surface area contributed by atoms with Crippen LogP contribution in [0.1, 0.15) is 48.8 Å². The first kappa shape index (κ1) is 21.7. The maximum absolute atomic E-state index is 13.2. The molecule has 1 saturated heterocycles. The van der Waals surface area contributed by atoms with Crippen LogP contribution in [0.15, 0.2) is 72.8 Å². The van der Waals surface area contributed by atoms with Gasteiger partial charge < -0.3 is 9.64 Å². The summed E-state index contributed by atoms with van der Waals surface area (Å²) < 4.78 is 5.79. The first-order chi connectivity index (χ1) is 16.6. The molecule has 1 heterocycles. The van der Waals surface area contributed by atoms with Crippen molar-refractivity contribution in [2.75, 3.05) is 6.54 Å². The summed E-state index contributed by atoms with van der Waals surface area (Å²) in [5.74, 6) is 0.507. The lowest BCUT2D eigenvalue weighted by molar-refractivity contribution is -0.0136. The third-order valence-electron chi connectivity index (χ3n) is 8.45. The molecule has 1 unspecified atom stereocenters. The van der Waals surface area contributed by atoms with Gasteiger partial charge in [0.15, 0.2) is 0 Å². The predicted molar refractivity (Wildman–Crippen MR) is 136 cm³/mol. The number of likely N-dealkylation sites (tertiary alicyclic amines) is 1. The molecular weight excluding hydrogens is 442 g/mol. The number of benzene rings is 3. The fraction of sp³-hybridized carbons (Fsp3) is 0.367. The zero-order valence-corrected chi connectivity index (χ0v) is 20.1. The van der Waals surface area contributed by atoms with Crippen molar-refractivity contribution in [2.45, 2.75) is 56.6 Å². The highest BCUT2D eigenvalue weighted by Crippen LogP contribution is 2.56. The highest BCUT2D eigenvalue weighted by molar-refractivity contribution is 6.30. The van der Waals surface area contributed by atoms with E-state index >= 15 is 0 Å². The lowest BCUT2D eigenvalue weighted by Crippen LogP contribution is -2.62. The van der Waals surface area contributed by atoms with Crippen molar-refractivity contribution in [3.05, 3.63) is 94.5 Å². The molecule has 3 nitrogen and oxygen atoms in total. The normalized spacial score (nSPS) is 25.3. The Morgan fingerprint density at radius 1 is 0.971 bits per heavy atom. The van der Waals surface area contributed by atoms with E-state index in [0.29, 0.717) is 12.5 Å². The van der Waals surface area contributed by atoms with Crippen molar-refractivity contribution in [3.8, 4) is 11.1 Å². The van der Waals surface area contributed by atoms with Gasteiger partial charge in [-0.15, -0.1) is 0 Å². The quantitative estimate of drug-likeness (QED) is 0.398. The van der Waals surface area contributed by atoms with Gasteiger partial charge in [-0.05, 0) is 71.6 Å². The van der Waals surface area contributed by atoms with Crippen LogP contribution in [-0.4, -0.2) is 23.6 Å². The maximum atomic E-state index is 13.2. The van der Waals surface area contributed by atoms with Crippen molar-refractivity contribution >= 4 is 17.7 Å². The highest BCUT2D eigenvalue weighted by Gasteiger charge is 2.55. The first-order valence-corrected chi connectivity index (χ1v) is 12.9. The van der Waals surface area contributed by atoms with Crippen LogP contribution in [0.2, 0.25) is 5.02 Å². The SMILES string of the molecule is O=C(OCc1ccccc1)N1CCC23CCCC[C@@H]2[C@@H]1Cc1ccc(-c2ccc(Cl)cc2)cc13. The third-order valence-corrected chi connectivity index (χ3v) is 8.71. The number of carbonyl (C=O) groups is 1. The number of amides is 1. The molecule has 1 saturated carbocycles. The summed E-state index contributed by atoms with van der Waals surface area (Å²) in [6.45, 7) is 1.11. The molecule has 174 valence electrons. The minimum atomic E-state index is -0.158. The van der Waals surface area contributed by atoms with Gasteiger partial charge in [-0.1, -0.05) is 85.1 Å². The average Bonchev–Trinajstić information content (AvgIpc) is 2.88. The Morgan fingerprint density at radius 2 is 1.76 bits per heavy atom. The van der Waals surface area contributed by atoms with Crippen molar-refractivity contribution in [1.29, 1.82) is 0 Å². The van der Waals surface area contributed by atoms with E-state index in [-0.39, 0.29) is 17.6 Å². The zero-order valence-electron chi connectivity index (χ0n) is 19.4. The van der Waals surface area contributed by atoms with E-state index < -0.39 is 0 Å². The summed E-state index contributed by atoms with van der Waals surface area (Å²) in [6.07, 6.45) is 6.72. The van der Waals surface area contributed by atoms with E-state index in [1.807, 2.05) is 47.4 Å². The number of piperidine rings is 1. The van der Waals surface area contributed by atoms with E-state index in [1.54, 1.807) is 0 Å². The number of halogens is 1. The van der Waals surface area contributed by atoms with Gasteiger partial charge in [0.1, 0.15) is 6.61 Å². The molecule has 0 aromatic heterocycles. The fourth-order valence-corrected chi connectivity index (χ4v) is 6.98. The zero-order chi connectivity index (χ0) is 23.1. The molecule has 2 bridgehead atoms. The van der Waals surface area contributed by atoms with E-state index in [9.17, 15) is 4.79 Å². The molecular formula is C30H30ClNO2. The Hall–Kier alpha value is -2.78. The number of hydrogen-bond donors (Lipinski definition) is 0.